The first-order valence-corrected chi connectivity index (χ1v) is 12.0. The van der Waals surface area contributed by atoms with Crippen LogP contribution in [-0.2, 0) is 14.3 Å². The number of alkyl carbamates (subject to hydrolysis) is 1. The average Bonchev–Trinajstić information content (AvgIpc) is 3.17. The highest BCUT2D eigenvalue weighted by molar-refractivity contribution is 5.84. The van der Waals surface area contributed by atoms with Crippen LogP contribution in [0.4, 0.5) is 4.79 Å². The minimum Gasteiger partial charge on any atom is -0.480 e. The molecule has 2 aromatic rings. The highest BCUT2D eigenvalue weighted by Crippen LogP contribution is 2.44. The molecule has 2 aromatic carbocycles. The number of amides is 2. The van der Waals surface area contributed by atoms with Gasteiger partial charge in [0.25, 0.3) is 0 Å². The first kappa shape index (κ1) is 24.3. The number of carbonyl (C=O) groups excluding carboxylic acids is 2. The number of fused-ring (bicyclic) bond motifs is 3. The summed E-state index contributed by atoms with van der Waals surface area (Å²) in [4.78, 5) is 36.5. The SMILES string of the molecule is C#CCC(NC(=O)C[C@@H]1CCCC[C@@H]1NC(=O)OCC1c2ccccc2-c2ccccc21)C(=O)O. The molecule has 182 valence electrons. The standard InChI is InChI=1S/C28H30N2O5/c1-2-9-25(27(32)33)29-26(31)16-18-10-3-8-15-24(18)30-28(34)35-17-23-21-13-6-4-11-19(21)20-12-5-7-14-22(20)23/h1,4-7,11-14,18,23-25H,3,8-10,15-17H2,(H,29,31)(H,30,34)(H,32,33)/t18-,24-,25?/m0/s1. The van der Waals surface area contributed by atoms with E-state index in [1.807, 2.05) is 24.3 Å². The lowest BCUT2D eigenvalue weighted by molar-refractivity contribution is -0.141. The van der Waals surface area contributed by atoms with E-state index in [0.29, 0.717) is 0 Å². The average molecular weight is 475 g/mol. The van der Waals surface area contributed by atoms with Crippen LogP contribution in [0.25, 0.3) is 11.1 Å². The topological polar surface area (TPSA) is 105 Å². The molecule has 0 saturated heterocycles. The molecule has 1 saturated carbocycles. The first-order chi connectivity index (χ1) is 17.0. The number of ether oxygens (including phenoxy) is 1. The predicted octanol–water partition coefficient (Wildman–Crippen LogP) is 4.07. The summed E-state index contributed by atoms with van der Waals surface area (Å²) in [5.41, 5.74) is 4.63. The molecule has 1 fully saturated rings. The molecule has 2 amide bonds. The summed E-state index contributed by atoms with van der Waals surface area (Å²) in [6, 6.07) is 15.0. The Bertz CT molecular complexity index is 1090. The number of carboxylic acids is 1. The van der Waals surface area contributed by atoms with Gasteiger partial charge in [-0.3, -0.25) is 4.79 Å². The Balaban J connectivity index is 1.34. The van der Waals surface area contributed by atoms with Crippen LogP contribution in [0, 0.1) is 18.3 Å². The highest BCUT2D eigenvalue weighted by Gasteiger charge is 2.32. The van der Waals surface area contributed by atoms with Gasteiger partial charge in [-0.15, -0.1) is 12.3 Å². The third-order valence-corrected chi connectivity index (χ3v) is 6.96. The van der Waals surface area contributed by atoms with Crippen molar-refractivity contribution in [2.24, 2.45) is 5.92 Å². The predicted molar refractivity (Wildman–Crippen MR) is 132 cm³/mol. The Morgan fingerprint density at radius 1 is 1.03 bits per heavy atom. The second-order valence-electron chi connectivity index (χ2n) is 9.19. The first-order valence-electron chi connectivity index (χ1n) is 12.0. The van der Waals surface area contributed by atoms with Crippen LogP contribution in [0.15, 0.2) is 48.5 Å². The van der Waals surface area contributed by atoms with Crippen molar-refractivity contribution in [3.63, 3.8) is 0 Å². The van der Waals surface area contributed by atoms with E-state index in [1.165, 1.54) is 11.1 Å². The van der Waals surface area contributed by atoms with Gasteiger partial charge in [0.1, 0.15) is 12.6 Å². The maximum Gasteiger partial charge on any atom is 0.407 e. The fourth-order valence-electron chi connectivity index (χ4n) is 5.24. The second kappa shape index (κ2) is 11.1. The van der Waals surface area contributed by atoms with E-state index < -0.39 is 18.1 Å². The summed E-state index contributed by atoms with van der Waals surface area (Å²) in [6.07, 6.45) is 8.17. The summed E-state index contributed by atoms with van der Waals surface area (Å²) >= 11 is 0. The Kier molecular flexibility index (Phi) is 7.71. The monoisotopic (exact) mass is 474 g/mol. The zero-order valence-corrected chi connectivity index (χ0v) is 19.5. The molecule has 2 aliphatic carbocycles. The van der Waals surface area contributed by atoms with Gasteiger partial charge in [-0.25, -0.2) is 9.59 Å². The van der Waals surface area contributed by atoms with E-state index in [4.69, 9.17) is 11.2 Å². The minimum atomic E-state index is -1.16. The van der Waals surface area contributed by atoms with Crippen LogP contribution >= 0.6 is 0 Å². The minimum absolute atomic E-state index is 0.0230. The Morgan fingerprint density at radius 3 is 2.29 bits per heavy atom. The Morgan fingerprint density at radius 2 is 1.66 bits per heavy atom. The van der Waals surface area contributed by atoms with Gasteiger partial charge in [0.15, 0.2) is 0 Å². The number of nitrogens with one attached hydrogen (secondary N) is 2. The lowest BCUT2D eigenvalue weighted by Gasteiger charge is -2.32. The van der Waals surface area contributed by atoms with Crippen molar-refractivity contribution in [1.29, 1.82) is 0 Å². The van der Waals surface area contributed by atoms with Crippen molar-refractivity contribution in [3.8, 4) is 23.5 Å². The fraction of sp³-hybridized carbons (Fsp3) is 0.393. The van der Waals surface area contributed by atoms with E-state index in [0.717, 1.165) is 36.8 Å². The molecular formula is C28H30N2O5. The Hall–Kier alpha value is -3.79. The second-order valence-corrected chi connectivity index (χ2v) is 9.19. The van der Waals surface area contributed by atoms with E-state index in [2.05, 4.69) is 40.8 Å². The van der Waals surface area contributed by atoms with Gasteiger partial charge in [-0.1, -0.05) is 61.4 Å². The molecule has 2 aliphatic rings. The number of carbonyl (C=O) groups is 3. The molecule has 0 bridgehead atoms. The molecule has 7 nitrogen and oxygen atoms in total. The van der Waals surface area contributed by atoms with Crippen molar-refractivity contribution >= 4 is 18.0 Å². The number of rotatable bonds is 8. The summed E-state index contributed by atoms with van der Waals surface area (Å²) in [7, 11) is 0. The van der Waals surface area contributed by atoms with Crippen molar-refractivity contribution in [1.82, 2.24) is 10.6 Å². The summed E-state index contributed by atoms with van der Waals surface area (Å²) in [5, 5.41) is 14.7. The van der Waals surface area contributed by atoms with Gasteiger partial charge < -0.3 is 20.5 Å². The molecule has 3 atom stereocenters. The number of carboxylic acid groups (broad SMARTS) is 1. The summed E-state index contributed by atoms with van der Waals surface area (Å²) in [6.45, 7) is 0.226. The molecule has 4 rings (SSSR count). The van der Waals surface area contributed by atoms with Gasteiger partial charge in [0.2, 0.25) is 5.91 Å². The largest absolute Gasteiger partial charge is 0.480 e. The van der Waals surface area contributed by atoms with Crippen LogP contribution in [0.1, 0.15) is 55.6 Å². The quantitative estimate of drug-likeness (QED) is 0.501. The molecule has 3 N–H and O–H groups in total. The maximum absolute atomic E-state index is 12.7. The smallest absolute Gasteiger partial charge is 0.407 e. The van der Waals surface area contributed by atoms with Gasteiger partial charge in [-0.2, -0.15) is 0 Å². The van der Waals surface area contributed by atoms with E-state index in [9.17, 15) is 19.5 Å². The number of hydrogen-bond donors (Lipinski definition) is 3. The lowest BCUT2D eigenvalue weighted by atomic mass is 9.82. The van der Waals surface area contributed by atoms with Crippen LogP contribution in [0.5, 0.6) is 0 Å². The molecule has 0 aromatic heterocycles. The van der Waals surface area contributed by atoms with Crippen molar-refractivity contribution < 1.29 is 24.2 Å². The molecule has 0 heterocycles. The number of benzene rings is 2. The maximum atomic E-state index is 12.7. The lowest BCUT2D eigenvalue weighted by Crippen LogP contribution is -2.46. The number of terminal acetylenes is 1. The fourth-order valence-corrected chi connectivity index (χ4v) is 5.24. The molecule has 7 heteroatoms. The van der Waals surface area contributed by atoms with Gasteiger partial charge in [0.05, 0.1) is 0 Å². The van der Waals surface area contributed by atoms with Crippen LogP contribution < -0.4 is 10.6 Å². The van der Waals surface area contributed by atoms with Crippen molar-refractivity contribution in [2.45, 2.75) is 56.5 Å². The Labute approximate surface area is 205 Å². The molecular weight excluding hydrogens is 444 g/mol. The molecule has 0 aliphatic heterocycles. The normalized spacial score (nSPS) is 19.5. The third-order valence-electron chi connectivity index (χ3n) is 6.96. The van der Waals surface area contributed by atoms with Crippen LogP contribution in [0.3, 0.4) is 0 Å². The summed E-state index contributed by atoms with van der Waals surface area (Å²) in [5.74, 6) is 0.622. The van der Waals surface area contributed by atoms with Crippen LogP contribution in [0.2, 0.25) is 0 Å². The van der Waals surface area contributed by atoms with E-state index >= 15 is 0 Å². The van der Waals surface area contributed by atoms with E-state index in [-0.39, 0.29) is 43.2 Å². The zero-order valence-electron chi connectivity index (χ0n) is 19.5. The van der Waals surface area contributed by atoms with E-state index in [1.54, 1.807) is 0 Å². The van der Waals surface area contributed by atoms with Crippen LogP contribution in [-0.4, -0.2) is 41.8 Å². The molecule has 35 heavy (non-hydrogen) atoms. The molecule has 0 radical (unpaired) electrons. The zero-order chi connectivity index (χ0) is 24.8. The number of hydrogen-bond acceptors (Lipinski definition) is 4. The molecule has 0 spiro atoms. The number of aliphatic carboxylic acids is 1. The summed E-state index contributed by atoms with van der Waals surface area (Å²) < 4.78 is 5.67. The van der Waals surface area contributed by atoms with Gasteiger partial charge >= 0.3 is 12.1 Å². The van der Waals surface area contributed by atoms with Gasteiger partial charge in [0, 0.05) is 24.8 Å². The molecule has 1 unspecified atom stereocenters. The van der Waals surface area contributed by atoms with Gasteiger partial charge in [-0.05, 0) is 41.0 Å². The highest BCUT2D eigenvalue weighted by atomic mass is 16.5. The third kappa shape index (κ3) is 5.65. The van der Waals surface area contributed by atoms with Crippen molar-refractivity contribution in [2.75, 3.05) is 6.61 Å². The van der Waals surface area contributed by atoms with Crippen molar-refractivity contribution in [3.05, 3.63) is 59.7 Å².